The van der Waals surface area contributed by atoms with E-state index < -0.39 is 22.1 Å². The number of fused-ring (bicyclic) bond motifs is 3. The number of rotatable bonds is 7. The Balaban J connectivity index is 1.49. The molecule has 3 aromatic carbocycles. The minimum Gasteiger partial charge on any atom is -0.406 e. The normalized spacial score (nSPS) is 12.7. The summed E-state index contributed by atoms with van der Waals surface area (Å²) in [5.41, 5.74) is 2.00. The first kappa shape index (κ1) is 23.4. The first-order valence-corrected chi connectivity index (χ1v) is 11.9. The molecule has 1 aromatic heterocycles. The number of hydrogen-bond donors (Lipinski definition) is 0. The van der Waals surface area contributed by atoms with Gasteiger partial charge in [0.1, 0.15) is 5.75 Å². The number of benzene rings is 3. The highest BCUT2D eigenvalue weighted by Gasteiger charge is 2.31. The second-order valence-corrected chi connectivity index (χ2v) is 10.0. The van der Waals surface area contributed by atoms with E-state index in [2.05, 4.69) is 9.30 Å². The third kappa shape index (κ3) is 4.95. The highest BCUT2D eigenvalue weighted by molar-refractivity contribution is 7.89. The highest BCUT2D eigenvalue weighted by Crippen LogP contribution is 2.31. The van der Waals surface area contributed by atoms with Gasteiger partial charge in [-0.2, -0.15) is 0 Å². The Hall–Kier alpha value is -2.75. The molecule has 0 atom stereocenters. The van der Waals surface area contributed by atoms with Crippen LogP contribution in [-0.4, -0.2) is 37.2 Å². The van der Waals surface area contributed by atoms with Crippen molar-refractivity contribution in [2.24, 2.45) is 0 Å². The number of hydrogen-bond acceptors (Lipinski definition) is 3. The van der Waals surface area contributed by atoms with Crippen LogP contribution in [0.25, 0.3) is 21.8 Å². The summed E-state index contributed by atoms with van der Waals surface area (Å²) < 4.78 is 69.7. The van der Waals surface area contributed by atoms with Gasteiger partial charge in [-0.05, 0) is 48.9 Å². The molecular formula is C23H20ClF3N2O3S. The van der Waals surface area contributed by atoms with Gasteiger partial charge in [0.25, 0.3) is 0 Å². The van der Waals surface area contributed by atoms with Gasteiger partial charge in [0.15, 0.2) is 0 Å². The van der Waals surface area contributed by atoms with Crippen molar-refractivity contribution in [2.75, 3.05) is 13.6 Å². The lowest BCUT2D eigenvalue weighted by Gasteiger charge is -2.18. The number of ether oxygens (including phenoxy) is 1. The van der Waals surface area contributed by atoms with Crippen LogP contribution in [0.3, 0.4) is 0 Å². The molecule has 0 N–H and O–H groups in total. The largest absolute Gasteiger partial charge is 0.573 e. The summed E-state index contributed by atoms with van der Waals surface area (Å²) >= 11 is 6.20. The molecule has 0 radical (unpaired) electrons. The van der Waals surface area contributed by atoms with E-state index in [9.17, 15) is 21.6 Å². The average Bonchev–Trinajstić information content (AvgIpc) is 3.06. The maximum atomic E-state index is 12.8. The van der Waals surface area contributed by atoms with Crippen molar-refractivity contribution in [1.82, 2.24) is 8.87 Å². The van der Waals surface area contributed by atoms with Gasteiger partial charge in [0, 0.05) is 41.4 Å². The Bertz CT molecular complexity index is 1400. The van der Waals surface area contributed by atoms with Crippen LogP contribution < -0.4 is 4.74 Å². The van der Waals surface area contributed by atoms with Crippen LogP contribution in [0.1, 0.15) is 6.42 Å². The van der Waals surface area contributed by atoms with E-state index in [1.165, 1.54) is 11.4 Å². The third-order valence-electron chi connectivity index (χ3n) is 5.36. The summed E-state index contributed by atoms with van der Waals surface area (Å²) in [4.78, 5) is -0.108. The first-order chi connectivity index (χ1) is 15.6. The van der Waals surface area contributed by atoms with E-state index in [1.54, 1.807) is 0 Å². The Labute approximate surface area is 194 Å². The monoisotopic (exact) mass is 496 g/mol. The van der Waals surface area contributed by atoms with Gasteiger partial charge in [-0.15, -0.1) is 13.2 Å². The maximum Gasteiger partial charge on any atom is 0.573 e. The van der Waals surface area contributed by atoms with Gasteiger partial charge < -0.3 is 9.30 Å². The second kappa shape index (κ2) is 8.89. The summed E-state index contributed by atoms with van der Waals surface area (Å²) in [5, 5.41) is 2.77. The molecule has 0 saturated heterocycles. The molecule has 0 saturated carbocycles. The van der Waals surface area contributed by atoms with Crippen molar-refractivity contribution in [3.05, 3.63) is 71.8 Å². The molecule has 0 aliphatic heterocycles. The zero-order chi connectivity index (χ0) is 23.8. The molecule has 5 nitrogen and oxygen atoms in total. The predicted molar refractivity (Wildman–Crippen MR) is 122 cm³/mol. The molecule has 174 valence electrons. The van der Waals surface area contributed by atoms with Crippen LogP contribution >= 0.6 is 11.6 Å². The average molecular weight is 497 g/mol. The third-order valence-corrected chi connectivity index (χ3v) is 7.46. The molecule has 0 amide bonds. The highest BCUT2D eigenvalue weighted by atomic mass is 35.5. The van der Waals surface area contributed by atoms with Crippen LogP contribution in [-0.2, 0) is 16.6 Å². The van der Waals surface area contributed by atoms with Gasteiger partial charge in [-0.3, -0.25) is 0 Å². The Morgan fingerprint density at radius 3 is 2.33 bits per heavy atom. The van der Waals surface area contributed by atoms with Gasteiger partial charge in [0.2, 0.25) is 10.0 Å². The molecule has 0 aliphatic carbocycles. The lowest BCUT2D eigenvalue weighted by molar-refractivity contribution is -0.274. The van der Waals surface area contributed by atoms with Crippen molar-refractivity contribution in [1.29, 1.82) is 0 Å². The molecule has 33 heavy (non-hydrogen) atoms. The maximum absolute atomic E-state index is 12.8. The minimum absolute atomic E-state index is 0.108. The fraction of sp³-hybridized carbons (Fsp3) is 0.217. The molecule has 1 heterocycles. The fourth-order valence-electron chi connectivity index (χ4n) is 3.83. The number of nitrogens with zero attached hydrogens (tertiary/aromatic N) is 2. The molecular weight excluding hydrogens is 477 g/mol. The molecule has 0 aliphatic rings. The SMILES string of the molecule is CN(CCCn1c2ccccc2c2ccc(Cl)cc21)S(=O)(=O)c1ccc(OC(F)(F)F)cc1. The molecule has 0 bridgehead atoms. The van der Waals surface area contributed by atoms with Crippen molar-refractivity contribution in [3.8, 4) is 5.75 Å². The van der Waals surface area contributed by atoms with Gasteiger partial charge in [-0.25, -0.2) is 12.7 Å². The number of para-hydroxylation sites is 1. The van der Waals surface area contributed by atoms with Crippen molar-refractivity contribution >= 4 is 43.4 Å². The van der Waals surface area contributed by atoms with Gasteiger partial charge in [0.05, 0.1) is 10.4 Å². The smallest absolute Gasteiger partial charge is 0.406 e. The molecule has 10 heteroatoms. The summed E-state index contributed by atoms with van der Waals surface area (Å²) in [6, 6.07) is 17.8. The van der Waals surface area contributed by atoms with E-state index in [1.807, 2.05) is 42.5 Å². The molecule has 4 aromatic rings. The summed E-state index contributed by atoms with van der Waals surface area (Å²) in [6.07, 6.45) is -4.32. The first-order valence-electron chi connectivity index (χ1n) is 10.0. The summed E-state index contributed by atoms with van der Waals surface area (Å²) in [6.45, 7) is 0.778. The number of alkyl halides is 3. The minimum atomic E-state index is -4.84. The van der Waals surface area contributed by atoms with Crippen LogP contribution in [0.15, 0.2) is 71.6 Å². The van der Waals surface area contributed by atoms with Gasteiger partial charge >= 0.3 is 6.36 Å². The number of sulfonamides is 1. The predicted octanol–water partition coefficient (Wildman–Crippen LogP) is 6.06. The van der Waals surface area contributed by atoms with Crippen LogP contribution in [0.2, 0.25) is 5.02 Å². The van der Waals surface area contributed by atoms with E-state index >= 15 is 0 Å². The van der Waals surface area contributed by atoms with Gasteiger partial charge in [-0.1, -0.05) is 35.9 Å². The molecule has 4 rings (SSSR count). The van der Waals surface area contributed by atoms with Crippen LogP contribution in [0.5, 0.6) is 5.75 Å². The zero-order valence-corrected chi connectivity index (χ0v) is 19.1. The topological polar surface area (TPSA) is 51.5 Å². The van der Waals surface area contributed by atoms with Crippen LogP contribution in [0, 0.1) is 0 Å². The molecule has 0 fully saturated rings. The van der Waals surface area contributed by atoms with E-state index in [0.29, 0.717) is 18.0 Å². The van der Waals surface area contributed by atoms with E-state index in [-0.39, 0.29) is 11.4 Å². The van der Waals surface area contributed by atoms with Crippen molar-refractivity contribution < 1.29 is 26.3 Å². The van der Waals surface area contributed by atoms with Crippen molar-refractivity contribution in [3.63, 3.8) is 0 Å². The number of aromatic nitrogens is 1. The standard InChI is InChI=1S/C23H20ClF3N2O3S/c1-28(33(30,31)18-10-8-17(9-11-18)32-23(25,26)27)13-4-14-29-21-6-3-2-5-19(21)20-12-7-16(24)15-22(20)29/h2-3,5-12,15H,4,13-14H2,1H3. The summed E-state index contributed by atoms with van der Waals surface area (Å²) in [5.74, 6) is -0.478. The Morgan fingerprint density at radius 2 is 1.64 bits per heavy atom. The number of aryl methyl sites for hydroxylation is 1. The van der Waals surface area contributed by atoms with Crippen molar-refractivity contribution in [2.45, 2.75) is 24.2 Å². The lowest BCUT2D eigenvalue weighted by atomic mass is 10.2. The Morgan fingerprint density at radius 1 is 0.970 bits per heavy atom. The fourth-order valence-corrected chi connectivity index (χ4v) is 5.20. The zero-order valence-electron chi connectivity index (χ0n) is 17.5. The lowest BCUT2D eigenvalue weighted by Crippen LogP contribution is -2.28. The van der Waals surface area contributed by atoms with E-state index in [4.69, 9.17) is 11.6 Å². The number of halogens is 4. The Kier molecular flexibility index (Phi) is 6.30. The molecule has 0 unspecified atom stereocenters. The quantitative estimate of drug-likeness (QED) is 0.312. The summed E-state index contributed by atoms with van der Waals surface area (Å²) in [7, 11) is -2.42. The molecule has 0 spiro atoms. The van der Waals surface area contributed by atoms with E-state index in [0.717, 1.165) is 46.1 Å². The second-order valence-electron chi connectivity index (χ2n) is 7.53. The van der Waals surface area contributed by atoms with Crippen LogP contribution in [0.4, 0.5) is 13.2 Å².